The molecule has 0 aromatic heterocycles. The van der Waals surface area contributed by atoms with Crippen LogP contribution in [0.1, 0.15) is 31.7 Å². The van der Waals surface area contributed by atoms with Crippen LogP contribution in [0.5, 0.6) is 11.5 Å². The molecule has 2 rings (SSSR count). The normalized spacial score (nSPS) is 21.6. The van der Waals surface area contributed by atoms with Gasteiger partial charge in [0.05, 0.1) is 7.11 Å². The number of nitrogens with one attached hydrogen (secondary N) is 1. The Morgan fingerprint density at radius 2 is 2.15 bits per heavy atom. The van der Waals surface area contributed by atoms with E-state index in [0.717, 1.165) is 18.4 Å². The van der Waals surface area contributed by atoms with Gasteiger partial charge in [0, 0.05) is 6.04 Å². The summed E-state index contributed by atoms with van der Waals surface area (Å²) in [5.74, 6) is 1.91. The molecule has 110 valence electrons. The zero-order valence-electron chi connectivity index (χ0n) is 12.4. The van der Waals surface area contributed by atoms with E-state index in [1.165, 1.54) is 6.42 Å². The van der Waals surface area contributed by atoms with Crippen molar-refractivity contribution in [2.24, 2.45) is 5.92 Å². The Labute approximate surface area is 120 Å². The van der Waals surface area contributed by atoms with Crippen molar-refractivity contribution in [3.05, 3.63) is 23.8 Å². The van der Waals surface area contributed by atoms with Gasteiger partial charge in [-0.05, 0) is 49.8 Å². The van der Waals surface area contributed by atoms with Crippen molar-refractivity contribution in [1.29, 1.82) is 0 Å². The Morgan fingerprint density at radius 3 is 2.80 bits per heavy atom. The third kappa shape index (κ3) is 3.89. The van der Waals surface area contributed by atoms with Gasteiger partial charge in [-0.2, -0.15) is 0 Å². The van der Waals surface area contributed by atoms with E-state index in [0.29, 0.717) is 23.5 Å². The van der Waals surface area contributed by atoms with Crippen LogP contribution in [0.4, 0.5) is 0 Å². The van der Waals surface area contributed by atoms with Crippen LogP contribution in [-0.4, -0.2) is 25.7 Å². The molecule has 1 aromatic rings. The fourth-order valence-corrected chi connectivity index (χ4v) is 2.64. The van der Waals surface area contributed by atoms with Crippen LogP contribution in [0, 0.1) is 12.8 Å². The maximum atomic E-state index is 11.9. The molecule has 0 radical (unpaired) electrons. The fraction of sp³-hybridized carbons (Fsp3) is 0.562. The fourth-order valence-electron chi connectivity index (χ4n) is 2.64. The van der Waals surface area contributed by atoms with Crippen molar-refractivity contribution in [3.8, 4) is 11.5 Å². The monoisotopic (exact) mass is 277 g/mol. The molecule has 4 nitrogen and oxygen atoms in total. The van der Waals surface area contributed by atoms with Crippen LogP contribution in [-0.2, 0) is 4.79 Å². The van der Waals surface area contributed by atoms with Crippen molar-refractivity contribution >= 4 is 5.91 Å². The minimum Gasteiger partial charge on any atom is -0.493 e. The van der Waals surface area contributed by atoms with Crippen LogP contribution >= 0.6 is 0 Å². The highest BCUT2D eigenvalue weighted by molar-refractivity contribution is 5.78. The highest BCUT2D eigenvalue weighted by atomic mass is 16.5. The molecule has 1 aromatic carbocycles. The third-order valence-corrected chi connectivity index (χ3v) is 3.74. The third-order valence-electron chi connectivity index (χ3n) is 3.74. The Morgan fingerprint density at radius 1 is 1.35 bits per heavy atom. The van der Waals surface area contributed by atoms with E-state index in [-0.39, 0.29) is 12.5 Å². The largest absolute Gasteiger partial charge is 0.493 e. The molecule has 1 aliphatic rings. The lowest BCUT2D eigenvalue weighted by Crippen LogP contribution is -2.36. The Kier molecular flexibility index (Phi) is 4.88. The molecule has 1 fully saturated rings. The van der Waals surface area contributed by atoms with E-state index in [2.05, 4.69) is 12.2 Å². The van der Waals surface area contributed by atoms with Crippen molar-refractivity contribution in [1.82, 2.24) is 5.32 Å². The number of rotatable bonds is 5. The van der Waals surface area contributed by atoms with Gasteiger partial charge in [0.25, 0.3) is 5.91 Å². The van der Waals surface area contributed by atoms with E-state index >= 15 is 0 Å². The maximum absolute atomic E-state index is 11.9. The molecule has 4 heteroatoms. The number of hydrogen-bond donors (Lipinski definition) is 1. The van der Waals surface area contributed by atoms with E-state index in [4.69, 9.17) is 9.47 Å². The molecule has 2 unspecified atom stereocenters. The quantitative estimate of drug-likeness (QED) is 0.900. The molecule has 2 atom stereocenters. The van der Waals surface area contributed by atoms with Crippen LogP contribution in [0.15, 0.2) is 18.2 Å². The SMILES string of the molecule is COc1cc(C)ccc1OCC(=O)NC1CCC(C)C1. The topological polar surface area (TPSA) is 47.6 Å². The first-order chi connectivity index (χ1) is 9.58. The number of benzene rings is 1. The van der Waals surface area contributed by atoms with Crippen LogP contribution in [0.2, 0.25) is 0 Å². The smallest absolute Gasteiger partial charge is 0.258 e. The molecule has 1 amide bonds. The molecule has 0 saturated heterocycles. The number of carbonyl (C=O) groups excluding carboxylic acids is 1. The molecular weight excluding hydrogens is 254 g/mol. The summed E-state index contributed by atoms with van der Waals surface area (Å²) in [4.78, 5) is 11.9. The predicted octanol–water partition coefficient (Wildman–Crippen LogP) is 2.69. The van der Waals surface area contributed by atoms with Gasteiger partial charge >= 0.3 is 0 Å². The molecular formula is C16H23NO3. The van der Waals surface area contributed by atoms with Crippen molar-refractivity contribution in [2.45, 2.75) is 39.2 Å². The average Bonchev–Trinajstić information content (AvgIpc) is 2.82. The first kappa shape index (κ1) is 14.7. The number of carbonyl (C=O) groups is 1. The van der Waals surface area contributed by atoms with Crippen molar-refractivity contribution in [2.75, 3.05) is 13.7 Å². The molecule has 0 spiro atoms. The van der Waals surface area contributed by atoms with Gasteiger partial charge < -0.3 is 14.8 Å². The van der Waals surface area contributed by atoms with E-state index in [1.54, 1.807) is 7.11 Å². The summed E-state index contributed by atoms with van der Waals surface area (Å²) in [7, 11) is 1.60. The van der Waals surface area contributed by atoms with Gasteiger partial charge in [-0.1, -0.05) is 13.0 Å². The minimum atomic E-state index is -0.0632. The van der Waals surface area contributed by atoms with Crippen LogP contribution < -0.4 is 14.8 Å². The summed E-state index contributed by atoms with van der Waals surface area (Å²) >= 11 is 0. The summed E-state index contributed by atoms with van der Waals surface area (Å²) in [6.07, 6.45) is 3.33. The molecule has 1 aliphatic carbocycles. The number of methoxy groups -OCH3 is 1. The zero-order chi connectivity index (χ0) is 14.5. The number of ether oxygens (including phenoxy) is 2. The number of hydrogen-bond acceptors (Lipinski definition) is 3. The summed E-state index contributed by atoms with van der Waals surface area (Å²) in [6.45, 7) is 4.24. The lowest BCUT2D eigenvalue weighted by molar-refractivity contribution is -0.123. The Hall–Kier alpha value is -1.71. The van der Waals surface area contributed by atoms with Crippen molar-refractivity contribution < 1.29 is 14.3 Å². The second-order valence-corrected chi connectivity index (χ2v) is 5.63. The highest BCUT2D eigenvalue weighted by Crippen LogP contribution is 2.28. The maximum Gasteiger partial charge on any atom is 0.258 e. The number of aryl methyl sites for hydroxylation is 1. The Bertz CT molecular complexity index is 473. The van der Waals surface area contributed by atoms with Gasteiger partial charge in [0.2, 0.25) is 0 Å². The van der Waals surface area contributed by atoms with Crippen LogP contribution in [0.3, 0.4) is 0 Å². The second kappa shape index (κ2) is 6.64. The second-order valence-electron chi connectivity index (χ2n) is 5.63. The van der Waals surface area contributed by atoms with Gasteiger partial charge in [-0.15, -0.1) is 0 Å². The van der Waals surface area contributed by atoms with E-state index < -0.39 is 0 Å². The lowest BCUT2D eigenvalue weighted by atomic mass is 10.1. The standard InChI is InChI=1S/C16H23NO3/c1-11-4-6-13(8-11)17-16(18)10-20-14-7-5-12(2)9-15(14)19-3/h5,7,9,11,13H,4,6,8,10H2,1-3H3,(H,17,18). The average molecular weight is 277 g/mol. The van der Waals surface area contributed by atoms with Gasteiger partial charge in [0.15, 0.2) is 18.1 Å². The van der Waals surface area contributed by atoms with E-state index in [9.17, 15) is 4.79 Å². The first-order valence-corrected chi connectivity index (χ1v) is 7.15. The zero-order valence-corrected chi connectivity index (χ0v) is 12.4. The van der Waals surface area contributed by atoms with Gasteiger partial charge in [-0.3, -0.25) is 4.79 Å². The van der Waals surface area contributed by atoms with Crippen molar-refractivity contribution in [3.63, 3.8) is 0 Å². The molecule has 20 heavy (non-hydrogen) atoms. The summed E-state index contributed by atoms with van der Waals surface area (Å²) in [5.41, 5.74) is 1.10. The highest BCUT2D eigenvalue weighted by Gasteiger charge is 2.22. The molecule has 0 bridgehead atoms. The number of amides is 1. The molecule has 0 aliphatic heterocycles. The Balaban J connectivity index is 1.84. The van der Waals surface area contributed by atoms with Gasteiger partial charge in [0.1, 0.15) is 0 Å². The summed E-state index contributed by atoms with van der Waals surface area (Å²) in [6, 6.07) is 5.97. The molecule has 0 heterocycles. The first-order valence-electron chi connectivity index (χ1n) is 7.15. The molecule has 1 saturated carbocycles. The lowest BCUT2D eigenvalue weighted by Gasteiger charge is -2.14. The molecule has 1 N–H and O–H groups in total. The summed E-state index contributed by atoms with van der Waals surface area (Å²) < 4.78 is 10.8. The minimum absolute atomic E-state index is 0.0320. The predicted molar refractivity (Wildman–Crippen MR) is 78.2 cm³/mol. The summed E-state index contributed by atoms with van der Waals surface area (Å²) in [5, 5.41) is 3.02. The van der Waals surface area contributed by atoms with E-state index in [1.807, 2.05) is 25.1 Å². The van der Waals surface area contributed by atoms with Gasteiger partial charge in [-0.25, -0.2) is 0 Å². The van der Waals surface area contributed by atoms with Crippen LogP contribution in [0.25, 0.3) is 0 Å².